The van der Waals surface area contributed by atoms with Gasteiger partial charge in [0.05, 0.1) is 39.9 Å². The number of carbonyl (C=O) groups excluding carboxylic acids is 1. The largest absolute Gasteiger partial charge is 0.756 e. The number of phosphoric ester groups is 1. The van der Waals surface area contributed by atoms with Crippen molar-refractivity contribution >= 4 is 13.7 Å². The van der Waals surface area contributed by atoms with Gasteiger partial charge in [0, 0.05) is 6.42 Å². The molecule has 64 heavy (non-hydrogen) atoms. The second kappa shape index (κ2) is 44.6. The van der Waals surface area contributed by atoms with Gasteiger partial charge in [-0.2, -0.15) is 0 Å². The molecule has 0 rings (SSSR count). The van der Waals surface area contributed by atoms with Gasteiger partial charge in [-0.1, -0.05) is 173 Å². The molecule has 0 aliphatic carbocycles. The van der Waals surface area contributed by atoms with Crippen LogP contribution in [-0.4, -0.2) is 68.5 Å². The average molecular weight is 905 g/mol. The molecule has 2 N–H and O–H groups in total. The first-order chi connectivity index (χ1) is 31.0. The number of hydrogen-bond donors (Lipinski definition) is 2. The van der Waals surface area contributed by atoms with Crippen LogP contribution < -0.4 is 10.2 Å². The summed E-state index contributed by atoms with van der Waals surface area (Å²) >= 11 is 0. The van der Waals surface area contributed by atoms with Crippen LogP contribution >= 0.6 is 7.82 Å². The third-order valence-corrected chi connectivity index (χ3v) is 10.5. The van der Waals surface area contributed by atoms with E-state index in [9.17, 15) is 19.4 Å². The second-order valence-corrected chi connectivity index (χ2v) is 18.1. The van der Waals surface area contributed by atoms with E-state index >= 15 is 0 Å². The van der Waals surface area contributed by atoms with Crippen molar-refractivity contribution in [3.05, 3.63) is 146 Å². The Kier molecular flexibility index (Phi) is 42.1. The zero-order chi connectivity index (χ0) is 47.1. The van der Waals surface area contributed by atoms with Crippen LogP contribution in [-0.2, 0) is 18.4 Å². The van der Waals surface area contributed by atoms with Crippen LogP contribution in [0.4, 0.5) is 0 Å². The fourth-order valence-electron chi connectivity index (χ4n) is 5.71. The van der Waals surface area contributed by atoms with Crippen molar-refractivity contribution in [3.8, 4) is 0 Å². The number of nitrogens with zero attached hydrogens (tertiary/aromatic N) is 1. The lowest BCUT2D eigenvalue weighted by Gasteiger charge is -2.29. The second-order valence-electron chi connectivity index (χ2n) is 16.7. The smallest absolute Gasteiger partial charge is 0.268 e. The number of unbranched alkanes of at least 4 members (excludes halogenated alkanes) is 6. The average Bonchev–Trinajstić information content (AvgIpc) is 3.25. The predicted octanol–water partition coefficient (Wildman–Crippen LogP) is 13.6. The molecular weight excluding hydrogens is 816 g/mol. The highest BCUT2D eigenvalue weighted by Gasteiger charge is 2.23. The Balaban J connectivity index is 4.37. The van der Waals surface area contributed by atoms with Crippen molar-refractivity contribution in [3.63, 3.8) is 0 Å². The van der Waals surface area contributed by atoms with Gasteiger partial charge < -0.3 is 28.8 Å². The number of hydrogen-bond acceptors (Lipinski definition) is 6. The molecule has 3 atom stereocenters. The highest BCUT2D eigenvalue weighted by atomic mass is 31.2. The van der Waals surface area contributed by atoms with Gasteiger partial charge in [0.2, 0.25) is 5.91 Å². The Hall–Kier alpha value is -3.62. The van der Waals surface area contributed by atoms with Crippen LogP contribution in [0.2, 0.25) is 0 Å². The van der Waals surface area contributed by atoms with Crippen molar-refractivity contribution in [1.29, 1.82) is 0 Å². The van der Waals surface area contributed by atoms with Crippen LogP contribution in [0.25, 0.3) is 0 Å². The first-order valence-corrected chi connectivity index (χ1v) is 25.7. The van der Waals surface area contributed by atoms with Gasteiger partial charge >= 0.3 is 0 Å². The highest BCUT2D eigenvalue weighted by molar-refractivity contribution is 7.45. The Morgan fingerprint density at radius 2 is 0.969 bits per heavy atom. The molecule has 0 spiro atoms. The van der Waals surface area contributed by atoms with Crippen LogP contribution in [0.5, 0.6) is 0 Å². The summed E-state index contributed by atoms with van der Waals surface area (Å²) in [5.74, 6) is -0.254. The molecule has 8 nitrogen and oxygen atoms in total. The van der Waals surface area contributed by atoms with Crippen molar-refractivity contribution in [1.82, 2.24) is 5.32 Å². The summed E-state index contributed by atoms with van der Waals surface area (Å²) in [5.41, 5.74) is 0. The molecule has 0 aliphatic rings. The number of quaternary nitrogens is 1. The van der Waals surface area contributed by atoms with Gasteiger partial charge in [0.25, 0.3) is 7.82 Å². The third-order valence-electron chi connectivity index (χ3n) is 9.49. The van der Waals surface area contributed by atoms with E-state index in [1.165, 1.54) is 0 Å². The molecule has 0 aromatic rings. The zero-order valence-corrected chi connectivity index (χ0v) is 41.6. The minimum Gasteiger partial charge on any atom is -0.756 e. The molecule has 9 heteroatoms. The first-order valence-electron chi connectivity index (χ1n) is 24.2. The van der Waals surface area contributed by atoms with Gasteiger partial charge in [0.1, 0.15) is 13.2 Å². The SMILES string of the molecule is CC/C=C\C/C=C\C/C=C\C/C=C\C/C=C\C/C=C\C/C=C\C/C=C\C/C=C\CCCCCC(=O)NC(COP(=O)([O-])OCC[N+](C)(C)C)C(O)/C=C/CC/C=C/CC/C=C/CCC. The van der Waals surface area contributed by atoms with E-state index in [1.807, 2.05) is 27.2 Å². The molecule has 0 saturated heterocycles. The molecule has 360 valence electrons. The maximum Gasteiger partial charge on any atom is 0.268 e. The molecule has 3 unspecified atom stereocenters. The molecule has 0 heterocycles. The number of nitrogens with one attached hydrogen (secondary N) is 1. The standard InChI is InChI=1S/C55H89N2O6P/c1-6-8-10-12-14-16-18-19-20-21-22-23-24-25-26-27-28-29-30-31-32-33-34-35-36-37-39-41-43-45-47-49-55(59)56-53(52-63-64(60,61)62-51-50-57(3,4)5)54(58)48-46-44-42-40-38-17-15-13-11-9-7-2/h8,10-11,13-14,16,19-20,22-23,25-26,28-29,31-32,34-35,37-40,46,48,53-54,58H,6-7,9,12,15,17-18,21,24,27,30,33,36,41-45,47,49-52H2,1-5H3,(H-,56,59,60,61)/b10-8-,13-11+,16-14-,20-19-,23-22-,26-25-,29-28-,32-31-,35-34-,39-37-,40-38+,48-46+. The summed E-state index contributed by atoms with van der Waals surface area (Å²) in [4.78, 5) is 25.3. The van der Waals surface area contributed by atoms with Crippen molar-refractivity contribution < 1.29 is 32.9 Å². The summed E-state index contributed by atoms with van der Waals surface area (Å²) in [5, 5.41) is 13.7. The van der Waals surface area contributed by atoms with E-state index in [-0.39, 0.29) is 18.9 Å². The Morgan fingerprint density at radius 3 is 1.41 bits per heavy atom. The van der Waals surface area contributed by atoms with Gasteiger partial charge in [-0.3, -0.25) is 9.36 Å². The molecule has 0 aromatic carbocycles. The number of aliphatic hydroxyl groups is 1. The molecule has 1 amide bonds. The number of aliphatic hydroxyl groups excluding tert-OH is 1. The monoisotopic (exact) mass is 905 g/mol. The normalized spacial score (nSPS) is 15.4. The molecule has 0 fully saturated rings. The summed E-state index contributed by atoms with van der Waals surface area (Å²) < 4.78 is 23.1. The maximum atomic E-state index is 12.9. The number of rotatable bonds is 41. The van der Waals surface area contributed by atoms with Crippen molar-refractivity contribution in [2.75, 3.05) is 40.9 Å². The lowest BCUT2D eigenvalue weighted by molar-refractivity contribution is -0.870. The molecular formula is C55H89N2O6P. The number of allylic oxidation sites excluding steroid dienone is 23. The fraction of sp³-hybridized carbons (Fsp3) is 0.545. The van der Waals surface area contributed by atoms with Gasteiger partial charge in [-0.05, 0) is 109 Å². The number of amides is 1. The van der Waals surface area contributed by atoms with E-state index in [0.717, 1.165) is 109 Å². The maximum absolute atomic E-state index is 12.9. The van der Waals surface area contributed by atoms with E-state index in [4.69, 9.17) is 9.05 Å². The summed E-state index contributed by atoms with van der Waals surface area (Å²) in [6.07, 6.45) is 69.2. The highest BCUT2D eigenvalue weighted by Crippen LogP contribution is 2.38. The van der Waals surface area contributed by atoms with E-state index in [0.29, 0.717) is 23.9 Å². The molecule has 0 aliphatic heterocycles. The molecule has 0 saturated carbocycles. The van der Waals surface area contributed by atoms with Gasteiger partial charge in [-0.15, -0.1) is 0 Å². The van der Waals surface area contributed by atoms with Crippen LogP contribution in [0.15, 0.2) is 146 Å². The third kappa shape index (κ3) is 46.4. The minimum absolute atomic E-state index is 0.0252. The first kappa shape index (κ1) is 60.4. The Bertz CT molecular complexity index is 1540. The summed E-state index contributed by atoms with van der Waals surface area (Å²) in [6.45, 7) is 4.35. The number of likely N-dealkylation sites (N-methyl/N-ethyl adjacent to an activating group) is 1. The quantitative estimate of drug-likeness (QED) is 0.0274. The molecule has 0 aromatic heterocycles. The van der Waals surface area contributed by atoms with E-state index in [1.54, 1.807) is 6.08 Å². The number of carbonyl (C=O) groups is 1. The predicted molar refractivity (Wildman–Crippen MR) is 274 cm³/mol. The topological polar surface area (TPSA) is 108 Å². The van der Waals surface area contributed by atoms with Crippen LogP contribution in [0.1, 0.15) is 142 Å². The Morgan fingerprint density at radius 1 is 0.562 bits per heavy atom. The Labute approximate surface area is 391 Å². The fourth-order valence-corrected chi connectivity index (χ4v) is 6.43. The zero-order valence-electron chi connectivity index (χ0n) is 40.7. The van der Waals surface area contributed by atoms with E-state index < -0.39 is 26.6 Å². The number of phosphoric acid groups is 1. The molecule has 0 bridgehead atoms. The van der Waals surface area contributed by atoms with Crippen LogP contribution in [0.3, 0.4) is 0 Å². The van der Waals surface area contributed by atoms with Gasteiger partial charge in [-0.25, -0.2) is 0 Å². The summed E-state index contributed by atoms with van der Waals surface area (Å²) in [7, 11) is 1.18. The molecule has 0 radical (unpaired) electrons. The lowest BCUT2D eigenvalue weighted by Crippen LogP contribution is -2.45. The lowest BCUT2D eigenvalue weighted by atomic mass is 10.1. The van der Waals surface area contributed by atoms with Crippen molar-refractivity contribution in [2.24, 2.45) is 0 Å². The van der Waals surface area contributed by atoms with Crippen molar-refractivity contribution in [2.45, 2.75) is 154 Å². The minimum atomic E-state index is -4.62. The summed E-state index contributed by atoms with van der Waals surface area (Å²) in [6, 6.07) is -0.937. The van der Waals surface area contributed by atoms with Gasteiger partial charge in [0.15, 0.2) is 0 Å². The van der Waals surface area contributed by atoms with Crippen LogP contribution in [0, 0.1) is 0 Å². The van der Waals surface area contributed by atoms with E-state index in [2.05, 4.69) is 153 Å².